The molecule has 0 radical (unpaired) electrons. The number of hydrogen-bond donors (Lipinski definition) is 0. The van der Waals surface area contributed by atoms with E-state index in [1.54, 1.807) is 4.81 Å². The number of benzene rings is 3. The van der Waals surface area contributed by atoms with Gasteiger partial charge in [0.2, 0.25) is 0 Å². The van der Waals surface area contributed by atoms with E-state index in [4.69, 9.17) is 0 Å². The molecule has 1 unspecified atom stereocenters. The van der Waals surface area contributed by atoms with Crippen molar-refractivity contribution in [2.24, 2.45) is 0 Å². The topological polar surface area (TPSA) is 0 Å². The van der Waals surface area contributed by atoms with Crippen LogP contribution >= 0.6 is 0 Å². The van der Waals surface area contributed by atoms with E-state index in [1.165, 1.54) is 37.9 Å². The molecule has 0 aliphatic heterocycles. The SMILES string of the molecule is C[Si](C)=c1ccc2c(c1C1C=Cc3ccccc31)C=c1ccccc1=2. The molecule has 2 aliphatic carbocycles. The summed E-state index contributed by atoms with van der Waals surface area (Å²) in [5.41, 5.74) is 5.79. The lowest BCUT2D eigenvalue weighted by Crippen LogP contribution is -2.04. The summed E-state index contributed by atoms with van der Waals surface area (Å²) in [6.45, 7) is 4.81. The van der Waals surface area contributed by atoms with Gasteiger partial charge in [0.25, 0.3) is 0 Å². The fourth-order valence-corrected chi connectivity index (χ4v) is 5.57. The zero-order valence-corrected chi connectivity index (χ0v) is 15.6. The molecule has 25 heavy (non-hydrogen) atoms. The maximum absolute atomic E-state index is 2.41. The van der Waals surface area contributed by atoms with Crippen LogP contribution in [-0.2, 0) is 0 Å². The van der Waals surface area contributed by atoms with Crippen molar-refractivity contribution >= 4 is 20.6 Å². The third-order valence-electron chi connectivity index (χ3n) is 5.49. The van der Waals surface area contributed by atoms with Gasteiger partial charge in [-0.3, -0.25) is 0 Å². The van der Waals surface area contributed by atoms with Crippen LogP contribution in [0.1, 0.15) is 28.2 Å². The summed E-state index contributed by atoms with van der Waals surface area (Å²) in [5.74, 6) is 0.381. The van der Waals surface area contributed by atoms with Gasteiger partial charge in [0.1, 0.15) is 0 Å². The molecule has 0 aromatic heterocycles. The highest BCUT2D eigenvalue weighted by atomic mass is 28.2. The Morgan fingerprint density at radius 3 is 2.48 bits per heavy atom. The van der Waals surface area contributed by atoms with E-state index in [1.807, 2.05) is 0 Å². The summed E-state index contributed by atoms with van der Waals surface area (Å²) in [6, 6.07) is 22.4. The van der Waals surface area contributed by atoms with E-state index < -0.39 is 8.41 Å². The molecule has 0 amide bonds. The van der Waals surface area contributed by atoms with Crippen molar-refractivity contribution in [3.63, 3.8) is 0 Å². The van der Waals surface area contributed by atoms with Crippen molar-refractivity contribution in [3.8, 4) is 0 Å². The van der Waals surface area contributed by atoms with Crippen LogP contribution in [0.25, 0.3) is 12.2 Å². The molecule has 0 saturated carbocycles. The quantitative estimate of drug-likeness (QED) is 0.435. The second-order valence-corrected chi connectivity index (χ2v) is 9.72. The first-order valence-electron chi connectivity index (χ1n) is 8.93. The van der Waals surface area contributed by atoms with Crippen molar-refractivity contribution in [1.82, 2.24) is 0 Å². The molecule has 120 valence electrons. The molecule has 0 saturated heterocycles. The van der Waals surface area contributed by atoms with E-state index in [-0.39, 0.29) is 0 Å². The molecule has 0 fully saturated rings. The van der Waals surface area contributed by atoms with Gasteiger partial charge in [-0.15, -0.1) is 0 Å². The predicted octanol–water partition coefficient (Wildman–Crippen LogP) is 4.86. The average Bonchev–Trinajstić information content (AvgIpc) is 3.22. The van der Waals surface area contributed by atoms with E-state index in [0.717, 1.165) is 0 Å². The van der Waals surface area contributed by atoms with Crippen molar-refractivity contribution in [1.29, 1.82) is 0 Å². The Labute approximate surface area is 149 Å². The summed E-state index contributed by atoms with van der Waals surface area (Å²) in [7, 11) is -0.541. The minimum Gasteiger partial charge on any atom is -0.0720 e. The average molecular weight is 337 g/mol. The van der Waals surface area contributed by atoms with Crippen LogP contribution < -0.4 is 5.22 Å². The van der Waals surface area contributed by atoms with Gasteiger partial charge in [0, 0.05) is 14.3 Å². The molecular formula is C24H20Si. The Bertz CT molecular complexity index is 1260. The molecule has 1 atom stereocenters. The Morgan fingerprint density at radius 1 is 0.800 bits per heavy atom. The molecule has 0 N–H and O–H groups in total. The summed E-state index contributed by atoms with van der Waals surface area (Å²) in [5, 5.41) is 4.13. The summed E-state index contributed by atoms with van der Waals surface area (Å²) >= 11 is 0. The Kier molecular flexibility index (Phi) is 3.26. The first-order chi connectivity index (χ1) is 12.2. The molecule has 0 nitrogen and oxygen atoms in total. The minimum atomic E-state index is -0.541. The molecule has 5 rings (SSSR count). The largest absolute Gasteiger partial charge is 0.0720 e. The molecule has 3 aromatic carbocycles. The van der Waals surface area contributed by atoms with E-state index in [2.05, 4.69) is 92.0 Å². The fourth-order valence-electron chi connectivity index (χ4n) is 4.32. The highest BCUT2D eigenvalue weighted by molar-refractivity contribution is 6.47. The lowest BCUT2D eigenvalue weighted by Gasteiger charge is -2.17. The lowest BCUT2D eigenvalue weighted by molar-refractivity contribution is 1.03. The van der Waals surface area contributed by atoms with Gasteiger partial charge in [-0.2, -0.15) is 0 Å². The van der Waals surface area contributed by atoms with Gasteiger partial charge in [-0.25, -0.2) is 0 Å². The zero-order valence-electron chi connectivity index (χ0n) is 14.6. The second kappa shape index (κ2) is 5.50. The minimum absolute atomic E-state index is 0.381. The first-order valence-corrected chi connectivity index (χ1v) is 11.4. The molecular weight excluding hydrogens is 316 g/mol. The normalized spacial score (nSPS) is 16.2. The fraction of sp³-hybridized carbons (Fsp3) is 0.125. The number of rotatable bonds is 1. The van der Waals surface area contributed by atoms with Crippen LogP contribution in [0.15, 0.2) is 66.7 Å². The maximum atomic E-state index is 2.41. The van der Waals surface area contributed by atoms with Crippen LogP contribution in [-0.4, -0.2) is 8.41 Å². The molecule has 0 spiro atoms. The van der Waals surface area contributed by atoms with Crippen LogP contribution in [0.4, 0.5) is 0 Å². The van der Waals surface area contributed by atoms with Crippen molar-refractivity contribution < 1.29 is 0 Å². The summed E-state index contributed by atoms with van der Waals surface area (Å²) in [4.78, 5) is 1.57. The van der Waals surface area contributed by atoms with Crippen molar-refractivity contribution in [3.05, 3.63) is 109 Å². The highest BCUT2D eigenvalue weighted by Crippen LogP contribution is 2.38. The number of allylic oxidation sites excluding steroid dienone is 1. The molecule has 0 heterocycles. The Hall–Kier alpha value is -2.51. The van der Waals surface area contributed by atoms with Gasteiger partial charge in [-0.05, 0) is 48.8 Å². The van der Waals surface area contributed by atoms with Crippen LogP contribution in [0, 0.1) is 15.3 Å². The van der Waals surface area contributed by atoms with Crippen LogP contribution in [0.2, 0.25) is 13.1 Å². The van der Waals surface area contributed by atoms with Crippen LogP contribution in [0.3, 0.4) is 0 Å². The maximum Gasteiger partial charge on any atom is 0.0286 e. The van der Waals surface area contributed by atoms with Gasteiger partial charge < -0.3 is 0 Å². The Balaban J connectivity index is 1.92. The molecule has 1 heteroatoms. The third kappa shape index (κ3) is 2.16. The van der Waals surface area contributed by atoms with Crippen molar-refractivity contribution in [2.75, 3.05) is 0 Å². The van der Waals surface area contributed by atoms with Gasteiger partial charge in [0.05, 0.1) is 0 Å². The van der Waals surface area contributed by atoms with E-state index in [0.29, 0.717) is 5.92 Å². The first kappa shape index (κ1) is 14.8. The van der Waals surface area contributed by atoms with E-state index in [9.17, 15) is 0 Å². The highest BCUT2D eigenvalue weighted by Gasteiger charge is 2.23. The zero-order chi connectivity index (χ0) is 17.0. The molecule has 2 aliphatic rings. The Morgan fingerprint density at radius 2 is 1.60 bits per heavy atom. The molecule has 0 bridgehead atoms. The summed E-state index contributed by atoms with van der Waals surface area (Å²) < 4.78 is 0. The smallest absolute Gasteiger partial charge is 0.0286 e. The van der Waals surface area contributed by atoms with Gasteiger partial charge in [-0.1, -0.05) is 85.9 Å². The van der Waals surface area contributed by atoms with Gasteiger partial charge >= 0.3 is 0 Å². The van der Waals surface area contributed by atoms with Gasteiger partial charge in [0.15, 0.2) is 0 Å². The summed E-state index contributed by atoms with van der Waals surface area (Å²) in [6.07, 6.45) is 7.09. The molecule has 3 aromatic rings. The second-order valence-electron chi connectivity index (χ2n) is 7.19. The number of fused-ring (bicyclic) bond motifs is 3. The third-order valence-corrected chi connectivity index (χ3v) is 7.00. The monoisotopic (exact) mass is 336 g/mol. The van der Waals surface area contributed by atoms with Crippen LogP contribution in [0.5, 0.6) is 0 Å². The lowest BCUT2D eigenvalue weighted by atomic mass is 9.89. The number of hydrogen-bond acceptors (Lipinski definition) is 0. The van der Waals surface area contributed by atoms with Crippen molar-refractivity contribution in [2.45, 2.75) is 19.0 Å². The predicted molar refractivity (Wildman–Crippen MR) is 107 cm³/mol. The standard InChI is InChI=1S/C24H20Si/c1-25(2)23-14-13-20-19-10-6-4-8-17(19)15-22(20)24(23)21-12-11-16-7-3-5-9-18(16)21/h3-15,21H,1-2H3. The van der Waals surface area contributed by atoms with E-state index >= 15 is 0 Å².